The fourth-order valence-electron chi connectivity index (χ4n) is 2.95. The summed E-state index contributed by atoms with van der Waals surface area (Å²) in [5, 5.41) is 10.4. The molecule has 1 N–H and O–H groups in total. The average molecular weight is 298 g/mol. The lowest BCUT2D eigenvalue weighted by atomic mass is 10.0. The number of β-amino-alcohol motifs (C(OH)–C–C–N with tert-alkyl or cyclic N) is 1. The van der Waals surface area contributed by atoms with Gasteiger partial charge in [-0.2, -0.15) is 0 Å². The molecule has 1 aromatic heterocycles. The molecular weight excluding hydrogens is 276 g/mol. The van der Waals surface area contributed by atoms with Crippen LogP contribution in [0.3, 0.4) is 0 Å². The van der Waals surface area contributed by atoms with Gasteiger partial charge in [-0.15, -0.1) is 0 Å². The number of benzene rings is 1. The fourth-order valence-corrected chi connectivity index (χ4v) is 2.95. The molecule has 0 aliphatic carbocycles. The monoisotopic (exact) mass is 298 g/mol. The lowest BCUT2D eigenvalue weighted by Crippen LogP contribution is -2.35. The van der Waals surface area contributed by atoms with E-state index < -0.39 is 6.10 Å². The standard InChI is InChI=1S/C17H22N4O/c1-20(2)17-14-10-21(9-8-15(14)18-12-19-17)11-16(22)13-6-4-3-5-7-13/h3-7,12,16,22H,8-11H2,1-2H3. The zero-order chi connectivity index (χ0) is 15.5. The van der Waals surface area contributed by atoms with Gasteiger partial charge in [0.15, 0.2) is 0 Å². The third kappa shape index (κ3) is 3.10. The van der Waals surface area contributed by atoms with Crippen LogP contribution in [0.5, 0.6) is 0 Å². The Labute approximate surface area is 131 Å². The number of aliphatic hydroxyl groups excluding tert-OH is 1. The highest BCUT2D eigenvalue weighted by Gasteiger charge is 2.23. The highest BCUT2D eigenvalue weighted by atomic mass is 16.3. The van der Waals surface area contributed by atoms with Gasteiger partial charge in [-0.3, -0.25) is 4.90 Å². The highest BCUT2D eigenvalue weighted by molar-refractivity contribution is 5.48. The Morgan fingerprint density at radius 2 is 2.00 bits per heavy atom. The Morgan fingerprint density at radius 3 is 2.73 bits per heavy atom. The van der Waals surface area contributed by atoms with E-state index in [1.165, 1.54) is 5.56 Å². The molecule has 2 aromatic rings. The van der Waals surface area contributed by atoms with Crippen molar-refractivity contribution in [1.82, 2.24) is 14.9 Å². The summed E-state index contributed by atoms with van der Waals surface area (Å²) >= 11 is 0. The summed E-state index contributed by atoms with van der Waals surface area (Å²) in [6, 6.07) is 9.83. The van der Waals surface area contributed by atoms with E-state index >= 15 is 0 Å². The minimum absolute atomic E-state index is 0.463. The zero-order valence-corrected chi connectivity index (χ0v) is 13.1. The third-order valence-corrected chi connectivity index (χ3v) is 4.10. The maximum absolute atomic E-state index is 10.4. The number of aliphatic hydroxyl groups is 1. The quantitative estimate of drug-likeness (QED) is 0.930. The van der Waals surface area contributed by atoms with Gasteiger partial charge in [0.05, 0.1) is 11.8 Å². The van der Waals surface area contributed by atoms with Gasteiger partial charge in [0.25, 0.3) is 0 Å². The van der Waals surface area contributed by atoms with Crippen LogP contribution in [0.2, 0.25) is 0 Å². The van der Waals surface area contributed by atoms with E-state index in [-0.39, 0.29) is 0 Å². The van der Waals surface area contributed by atoms with Crippen LogP contribution in [0.25, 0.3) is 0 Å². The molecule has 1 atom stereocenters. The molecule has 0 bridgehead atoms. The van der Waals surface area contributed by atoms with E-state index in [9.17, 15) is 5.11 Å². The lowest BCUT2D eigenvalue weighted by molar-refractivity contribution is 0.105. The molecule has 5 heteroatoms. The number of nitrogens with zero attached hydrogens (tertiary/aromatic N) is 4. The van der Waals surface area contributed by atoms with Crippen molar-refractivity contribution in [2.75, 3.05) is 32.1 Å². The molecule has 0 radical (unpaired) electrons. The van der Waals surface area contributed by atoms with E-state index in [0.29, 0.717) is 6.54 Å². The first-order chi connectivity index (χ1) is 10.6. The van der Waals surface area contributed by atoms with Crippen LogP contribution in [0.1, 0.15) is 22.9 Å². The van der Waals surface area contributed by atoms with Crippen molar-refractivity contribution in [3.8, 4) is 0 Å². The van der Waals surface area contributed by atoms with E-state index in [2.05, 4.69) is 14.9 Å². The van der Waals surface area contributed by atoms with Gasteiger partial charge in [0.1, 0.15) is 12.1 Å². The highest BCUT2D eigenvalue weighted by Crippen LogP contribution is 2.25. The maximum Gasteiger partial charge on any atom is 0.136 e. The third-order valence-electron chi connectivity index (χ3n) is 4.10. The van der Waals surface area contributed by atoms with Gasteiger partial charge in [-0.1, -0.05) is 30.3 Å². The van der Waals surface area contributed by atoms with Crippen molar-refractivity contribution < 1.29 is 5.11 Å². The molecule has 1 unspecified atom stereocenters. The molecule has 0 saturated heterocycles. The molecule has 0 spiro atoms. The molecule has 0 saturated carbocycles. The number of hydrogen-bond acceptors (Lipinski definition) is 5. The van der Waals surface area contributed by atoms with Crippen molar-refractivity contribution in [2.45, 2.75) is 19.1 Å². The Bertz CT molecular complexity index is 630. The van der Waals surface area contributed by atoms with Crippen molar-refractivity contribution in [3.05, 3.63) is 53.5 Å². The van der Waals surface area contributed by atoms with Crippen LogP contribution in [0.4, 0.5) is 5.82 Å². The zero-order valence-electron chi connectivity index (χ0n) is 13.1. The molecule has 0 fully saturated rings. The Kier molecular flexibility index (Phi) is 4.36. The fraction of sp³-hybridized carbons (Fsp3) is 0.412. The summed E-state index contributed by atoms with van der Waals surface area (Å²) in [4.78, 5) is 13.1. The second-order valence-electron chi connectivity index (χ2n) is 5.93. The topological polar surface area (TPSA) is 52.5 Å². The average Bonchev–Trinajstić information content (AvgIpc) is 2.55. The number of aromatic nitrogens is 2. The van der Waals surface area contributed by atoms with Crippen LogP contribution >= 0.6 is 0 Å². The van der Waals surface area contributed by atoms with Gasteiger partial charge in [-0.05, 0) is 5.56 Å². The van der Waals surface area contributed by atoms with Crippen molar-refractivity contribution >= 4 is 5.82 Å². The molecule has 1 aliphatic heterocycles. The van der Waals surface area contributed by atoms with Crippen LogP contribution in [0.15, 0.2) is 36.7 Å². The first-order valence-electron chi connectivity index (χ1n) is 7.60. The molecule has 0 amide bonds. The predicted octanol–water partition coefficient (Wildman–Crippen LogP) is 1.63. The van der Waals surface area contributed by atoms with E-state index in [1.807, 2.05) is 49.3 Å². The molecule has 1 aliphatic rings. The molecule has 3 rings (SSSR count). The normalized spacial score (nSPS) is 16.1. The van der Waals surface area contributed by atoms with Gasteiger partial charge in [0.2, 0.25) is 0 Å². The van der Waals surface area contributed by atoms with Gasteiger partial charge in [0, 0.05) is 45.7 Å². The van der Waals surface area contributed by atoms with E-state index in [1.54, 1.807) is 6.33 Å². The van der Waals surface area contributed by atoms with Gasteiger partial charge >= 0.3 is 0 Å². The number of fused-ring (bicyclic) bond motifs is 1. The minimum atomic E-state index is -0.463. The van der Waals surface area contributed by atoms with Crippen molar-refractivity contribution in [1.29, 1.82) is 0 Å². The lowest BCUT2D eigenvalue weighted by Gasteiger charge is -2.31. The Balaban J connectivity index is 1.74. The molecule has 1 aromatic carbocycles. The number of anilines is 1. The maximum atomic E-state index is 10.4. The minimum Gasteiger partial charge on any atom is -0.387 e. The number of hydrogen-bond donors (Lipinski definition) is 1. The van der Waals surface area contributed by atoms with Crippen LogP contribution in [0, 0.1) is 0 Å². The van der Waals surface area contributed by atoms with Gasteiger partial charge in [-0.25, -0.2) is 9.97 Å². The summed E-state index contributed by atoms with van der Waals surface area (Å²) in [5.74, 6) is 0.976. The Hall–Kier alpha value is -1.98. The smallest absolute Gasteiger partial charge is 0.136 e. The second-order valence-corrected chi connectivity index (χ2v) is 5.93. The summed E-state index contributed by atoms with van der Waals surface area (Å²) < 4.78 is 0. The summed E-state index contributed by atoms with van der Waals surface area (Å²) in [5.41, 5.74) is 3.27. The molecular formula is C17H22N4O. The SMILES string of the molecule is CN(C)c1ncnc2c1CN(CC(O)c1ccccc1)CC2. The predicted molar refractivity (Wildman–Crippen MR) is 86.7 cm³/mol. The molecule has 5 nitrogen and oxygen atoms in total. The largest absolute Gasteiger partial charge is 0.387 e. The summed E-state index contributed by atoms with van der Waals surface area (Å²) in [6.45, 7) is 2.33. The first-order valence-corrected chi connectivity index (χ1v) is 7.60. The number of rotatable bonds is 4. The van der Waals surface area contributed by atoms with Crippen molar-refractivity contribution in [3.63, 3.8) is 0 Å². The van der Waals surface area contributed by atoms with E-state index in [4.69, 9.17) is 0 Å². The summed E-state index contributed by atoms with van der Waals surface area (Å²) in [7, 11) is 4.00. The van der Waals surface area contributed by atoms with Crippen LogP contribution in [-0.4, -0.2) is 47.2 Å². The van der Waals surface area contributed by atoms with Crippen LogP contribution < -0.4 is 4.90 Å². The van der Waals surface area contributed by atoms with Gasteiger partial charge < -0.3 is 10.0 Å². The second kappa shape index (κ2) is 6.42. The van der Waals surface area contributed by atoms with Crippen LogP contribution in [-0.2, 0) is 13.0 Å². The van der Waals surface area contributed by atoms with E-state index in [0.717, 1.165) is 36.6 Å². The molecule has 116 valence electrons. The molecule has 2 heterocycles. The summed E-state index contributed by atoms with van der Waals surface area (Å²) in [6.07, 6.45) is 2.08. The molecule has 22 heavy (non-hydrogen) atoms. The Morgan fingerprint density at radius 1 is 1.23 bits per heavy atom. The van der Waals surface area contributed by atoms with Crippen molar-refractivity contribution in [2.24, 2.45) is 0 Å². The first kappa shape index (κ1) is 14.9.